The predicted octanol–water partition coefficient (Wildman–Crippen LogP) is 15.0. The zero-order chi connectivity index (χ0) is 47.5. The Bertz CT molecular complexity index is 3380. The Morgan fingerprint density at radius 1 is 0.721 bits per heavy atom. The number of fused-ring (bicyclic) bond motifs is 5. The van der Waals surface area contributed by atoms with Crippen LogP contribution in [0.15, 0.2) is 120 Å². The van der Waals surface area contributed by atoms with Crippen molar-refractivity contribution in [1.29, 1.82) is 0 Å². The molecule has 0 atom stereocenters. The fourth-order valence-corrected chi connectivity index (χ4v) is 10.0. The van der Waals surface area contributed by atoms with E-state index in [1.165, 1.54) is 43.8 Å². The minimum atomic E-state index is -1.26. The molecule has 4 aromatic carbocycles. The van der Waals surface area contributed by atoms with E-state index < -0.39 is 8.07 Å². The Morgan fingerprint density at radius 2 is 1.44 bits per heavy atom. The molecule has 7 nitrogen and oxygen atoms in total. The normalized spacial score (nSPS) is 12.0. The van der Waals surface area contributed by atoms with E-state index in [1.54, 1.807) is 0 Å². The van der Waals surface area contributed by atoms with E-state index in [0.717, 1.165) is 61.7 Å². The van der Waals surface area contributed by atoms with Crippen LogP contribution < -0.4 is 5.19 Å². The van der Waals surface area contributed by atoms with Gasteiger partial charge in [0.15, 0.2) is 0 Å². The molecule has 0 saturated carbocycles. The molecule has 6 aromatic heterocycles. The molecule has 0 fully saturated rings. The van der Waals surface area contributed by atoms with E-state index in [9.17, 15) is 0 Å². The molecule has 68 heavy (non-hydrogen) atoms. The molecule has 10 rings (SSSR count). The number of aromatic nitrogens is 6. The number of pyridine rings is 4. The minimum Gasteiger partial charge on any atom is -0.486 e. The van der Waals surface area contributed by atoms with E-state index in [0.29, 0.717) is 16.9 Å². The summed E-state index contributed by atoms with van der Waals surface area (Å²) < 4.78 is 8.83. The van der Waals surface area contributed by atoms with Crippen molar-refractivity contribution in [1.82, 2.24) is 29.5 Å². The number of imidazole rings is 1. The summed E-state index contributed by atoms with van der Waals surface area (Å²) in [7, 11) is -1.26. The van der Waals surface area contributed by atoms with Crippen LogP contribution >= 0.6 is 0 Å². The summed E-state index contributed by atoms with van der Waals surface area (Å²) in [6.45, 7) is 28.8. The molecule has 0 saturated heterocycles. The molecule has 347 valence electrons. The molecular formula is C59H60IrN6OSi-2. The number of nitrogens with zero attached hydrogens (tertiary/aromatic N) is 6. The van der Waals surface area contributed by atoms with E-state index in [-0.39, 0.29) is 37.4 Å². The first kappa shape index (κ1) is 48.3. The maximum Gasteiger partial charge on any atom is 0.216 e. The molecule has 0 aliphatic carbocycles. The van der Waals surface area contributed by atoms with Crippen LogP contribution in [-0.4, -0.2) is 37.6 Å². The van der Waals surface area contributed by atoms with E-state index in [2.05, 4.69) is 188 Å². The van der Waals surface area contributed by atoms with Gasteiger partial charge in [0.05, 0.1) is 36.2 Å². The molecule has 0 spiro atoms. The van der Waals surface area contributed by atoms with Gasteiger partial charge in [-0.1, -0.05) is 124 Å². The number of benzene rings is 4. The summed E-state index contributed by atoms with van der Waals surface area (Å²) in [6.07, 6.45) is 7.20. The van der Waals surface area contributed by atoms with Gasteiger partial charge in [0, 0.05) is 49.3 Å². The molecule has 6 heterocycles. The van der Waals surface area contributed by atoms with Crippen molar-refractivity contribution in [2.24, 2.45) is 0 Å². The van der Waals surface area contributed by atoms with Crippen LogP contribution in [0.4, 0.5) is 0 Å². The Kier molecular flexibility index (Phi) is 13.3. The number of aryl methyl sites for hydroxylation is 3. The maximum absolute atomic E-state index is 6.53. The van der Waals surface area contributed by atoms with Gasteiger partial charge in [-0.05, 0) is 134 Å². The number of furan rings is 1. The largest absolute Gasteiger partial charge is 0.486 e. The van der Waals surface area contributed by atoms with Gasteiger partial charge in [0.2, 0.25) is 5.71 Å². The van der Waals surface area contributed by atoms with Gasteiger partial charge in [-0.3, -0.25) is 9.97 Å². The van der Waals surface area contributed by atoms with Crippen LogP contribution in [0.2, 0.25) is 19.6 Å². The van der Waals surface area contributed by atoms with Crippen molar-refractivity contribution < 1.29 is 24.5 Å². The van der Waals surface area contributed by atoms with E-state index in [4.69, 9.17) is 24.4 Å². The van der Waals surface area contributed by atoms with E-state index >= 15 is 0 Å². The molecule has 0 unspecified atom stereocenters. The molecule has 0 aliphatic rings. The first-order chi connectivity index (χ1) is 31.9. The molecule has 0 bridgehead atoms. The molecule has 1 radical (unpaired) electrons. The summed E-state index contributed by atoms with van der Waals surface area (Å²) in [4.78, 5) is 24.1. The molecule has 9 heteroatoms. The molecule has 0 amide bonds. The standard InChI is InChI=1S/C41H36N5O.C18H24NSi.Ir/c1-22(2)32-19-30(29-14-13-27-10-8-9-11-28(27)18-29)20-33(23(3)4)38(32)46-37-26(7)42-17-16-35(37)45-40(46)34-21-43-25(6)36-31-15-12-24(5)44-41(31)47-39(34)36;1-18(2,3)15-9-7-14(8-10-15)17-12-11-16(13-19-17)20(4,5)6;/h8-20,22-23H,1-7H3;7,9-13H,1-6H3;/q2*-1;. The van der Waals surface area contributed by atoms with Gasteiger partial charge in [-0.2, -0.15) is 0 Å². The third kappa shape index (κ3) is 9.24. The third-order valence-electron chi connectivity index (χ3n) is 12.9. The number of hydrogen-bond acceptors (Lipinski definition) is 6. The van der Waals surface area contributed by atoms with Gasteiger partial charge in [-0.25, -0.2) is 4.98 Å². The first-order valence-corrected chi connectivity index (χ1v) is 27.0. The van der Waals surface area contributed by atoms with Crippen LogP contribution in [0.1, 0.15) is 94.1 Å². The molecule has 0 N–H and O–H groups in total. The monoisotopic (exact) mass is 1090 g/mol. The Hall–Kier alpha value is -6.12. The summed E-state index contributed by atoms with van der Waals surface area (Å²) in [6, 6.07) is 40.2. The Labute approximate surface area is 415 Å². The summed E-state index contributed by atoms with van der Waals surface area (Å²) in [5.41, 5.74) is 16.0. The maximum atomic E-state index is 6.53. The summed E-state index contributed by atoms with van der Waals surface area (Å²) in [5, 5.41) is 5.75. The number of rotatable bonds is 7. The molecule has 10 aromatic rings. The van der Waals surface area contributed by atoms with Crippen molar-refractivity contribution in [3.8, 4) is 39.5 Å². The van der Waals surface area contributed by atoms with Gasteiger partial charge in [0.1, 0.15) is 0 Å². The smallest absolute Gasteiger partial charge is 0.216 e. The van der Waals surface area contributed by atoms with Crippen LogP contribution in [0.3, 0.4) is 0 Å². The quantitative estimate of drug-likeness (QED) is 0.117. The summed E-state index contributed by atoms with van der Waals surface area (Å²) >= 11 is 0. The first-order valence-electron chi connectivity index (χ1n) is 23.5. The van der Waals surface area contributed by atoms with Gasteiger partial charge < -0.3 is 19.0 Å². The van der Waals surface area contributed by atoms with Crippen molar-refractivity contribution in [2.45, 2.75) is 106 Å². The molecular weight excluding hydrogens is 1030 g/mol. The van der Waals surface area contributed by atoms with Crippen LogP contribution in [0.5, 0.6) is 0 Å². The van der Waals surface area contributed by atoms with Crippen molar-refractivity contribution in [3.63, 3.8) is 0 Å². The van der Waals surface area contributed by atoms with Crippen molar-refractivity contribution in [3.05, 3.63) is 162 Å². The average Bonchev–Trinajstić information content (AvgIpc) is 3.88. The van der Waals surface area contributed by atoms with Gasteiger partial charge in [-0.15, -0.1) is 35.4 Å². The van der Waals surface area contributed by atoms with Gasteiger partial charge >= 0.3 is 0 Å². The number of hydrogen-bond donors (Lipinski definition) is 0. The predicted molar refractivity (Wildman–Crippen MR) is 282 cm³/mol. The van der Waals surface area contributed by atoms with E-state index in [1.807, 2.05) is 38.4 Å². The van der Waals surface area contributed by atoms with Crippen molar-refractivity contribution in [2.75, 3.05) is 0 Å². The van der Waals surface area contributed by atoms with Crippen LogP contribution in [0.25, 0.3) is 83.3 Å². The SMILES string of the molecule is CC(C)(C)c1c[c-]c(-c2ccc([Si](C)(C)C)cn2)cc1.Cc1ccc2c(n1)oc1c(-c3nc4ccnc(C)c4n3-c3c(C(C)C)cc(-c4ccc5ccccc5c4)cc3C(C)C)[c-]nc(C)c12.[Ir]. The van der Waals surface area contributed by atoms with Crippen molar-refractivity contribution >= 4 is 57.1 Å². The third-order valence-corrected chi connectivity index (χ3v) is 14.9. The summed E-state index contributed by atoms with van der Waals surface area (Å²) in [5.74, 6) is 1.18. The fraction of sp³-hybridized carbons (Fsp3) is 0.271. The average molecular weight is 1090 g/mol. The van der Waals surface area contributed by atoms with Crippen LogP contribution in [0, 0.1) is 33.0 Å². The second kappa shape index (κ2) is 18.8. The topological polar surface area (TPSA) is 82.5 Å². The Morgan fingerprint density at radius 3 is 2.07 bits per heavy atom. The fourth-order valence-electron chi connectivity index (χ4n) is 8.97. The zero-order valence-electron chi connectivity index (χ0n) is 41.5. The Balaban J connectivity index is 0.000000251. The zero-order valence-corrected chi connectivity index (χ0v) is 44.9. The van der Waals surface area contributed by atoms with Gasteiger partial charge in [0.25, 0.3) is 0 Å². The second-order valence-electron chi connectivity index (χ2n) is 20.6. The molecule has 0 aliphatic heterocycles. The second-order valence-corrected chi connectivity index (χ2v) is 25.7. The van der Waals surface area contributed by atoms with Crippen LogP contribution in [-0.2, 0) is 25.5 Å². The minimum absolute atomic E-state index is 0.